The van der Waals surface area contributed by atoms with Crippen LogP contribution in [-0.2, 0) is 58.2 Å². The SMILES string of the molecule is C=CC(=O)OCCOO/C=C\OCC(C)(COOOOC(=O)C=C)NC(=O)OCCCOC(F)(/C(F)=C(F)/C(F)=C(F)/C(F)=C(F)/C(F)=C(\F)CF)C(F)(F)C(F)(F)F. The number of alkyl carbamates (subject to hydrolysis) is 1. The van der Waals surface area contributed by atoms with Crippen molar-refractivity contribution < 1.29 is 129 Å². The first-order valence-corrected chi connectivity index (χ1v) is 15.0. The number of carbonyl (C=O) groups is 3. The summed E-state index contributed by atoms with van der Waals surface area (Å²) in [5.74, 6) is -44.9. The van der Waals surface area contributed by atoms with Crippen LogP contribution in [-0.4, -0.2) is 87.8 Å². The van der Waals surface area contributed by atoms with Gasteiger partial charge < -0.3 is 29.2 Å². The van der Waals surface area contributed by atoms with E-state index in [2.05, 4.69) is 57.0 Å². The van der Waals surface area contributed by atoms with Crippen molar-refractivity contribution in [2.75, 3.05) is 46.3 Å². The van der Waals surface area contributed by atoms with Crippen LogP contribution in [0, 0.1) is 0 Å². The summed E-state index contributed by atoms with van der Waals surface area (Å²) in [6.45, 7) is -0.313. The molecule has 0 heterocycles. The number of esters is 1. The van der Waals surface area contributed by atoms with Gasteiger partial charge in [-0.15, -0.1) is 0 Å². The molecule has 0 spiro atoms. The summed E-state index contributed by atoms with van der Waals surface area (Å²) in [5.41, 5.74) is -1.81. The van der Waals surface area contributed by atoms with E-state index in [4.69, 9.17) is 4.74 Å². The molecular formula is C30H28F15NO13. The minimum atomic E-state index is -7.23. The monoisotopic (exact) mass is 895 g/mol. The van der Waals surface area contributed by atoms with Crippen LogP contribution >= 0.6 is 0 Å². The van der Waals surface area contributed by atoms with Crippen LogP contribution in [0.5, 0.6) is 0 Å². The van der Waals surface area contributed by atoms with E-state index in [-0.39, 0.29) is 13.2 Å². The maximum atomic E-state index is 15.1. The van der Waals surface area contributed by atoms with Crippen molar-refractivity contribution in [1.29, 1.82) is 0 Å². The molecule has 0 bridgehead atoms. The minimum Gasteiger partial charge on any atom is -0.495 e. The highest BCUT2D eigenvalue weighted by atomic mass is 19.4. The van der Waals surface area contributed by atoms with Gasteiger partial charge in [-0.3, -0.25) is 4.89 Å². The zero-order chi connectivity index (χ0) is 45.6. The van der Waals surface area contributed by atoms with Crippen LogP contribution in [0.3, 0.4) is 0 Å². The molecule has 0 aliphatic carbocycles. The number of allylic oxidation sites excluding steroid dienone is 7. The van der Waals surface area contributed by atoms with E-state index < -0.39 is 128 Å². The molecule has 0 radical (unpaired) electrons. The molecule has 1 amide bonds. The number of halogens is 15. The van der Waals surface area contributed by atoms with Gasteiger partial charge in [0, 0.05) is 23.6 Å². The maximum Gasteiger partial charge on any atom is 0.460 e. The molecule has 0 saturated carbocycles. The van der Waals surface area contributed by atoms with Crippen LogP contribution in [0.25, 0.3) is 0 Å². The van der Waals surface area contributed by atoms with Crippen LogP contribution in [0.2, 0.25) is 0 Å². The van der Waals surface area contributed by atoms with Gasteiger partial charge in [-0.2, -0.15) is 31.2 Å². The molecular weight excluding hydrogens is 867 g/mol. The largest absolute Gasteiger partial charge is 0.495 e. The Hall–Kier alpha value is -5.26. The molecule has 29 heteroatoms. The predicted octanol–water partition coefficient (Wildman–Crippen LogP) is 8.00. The zero-order valence-corrected chi connectivity index (χ0v) is 29.4. The first-order valence-electron chi connectivity index (χ1n) is 15.0. The number of rotatable bonds is 27. The van der Waals surface area contributed by atoms with Crippen molar-refractivity contribution in [2.45, 2.75) is 36.8 Å². The Bertz CT molecular complexity index is 1620. The van der Waals surface area contributed by atoms with E-state index in [0.29, 0.717) is 6.08 Å². The smallest absolute Gasteiger partial charge is 0.460 e. The standard InChI is InChI=1S/C30H28F15NO13/c1-4-17(47)51-10-12-55-54-11-9-50-14-27(3,15-56-58-59-57-18(48)5-2)46-26(49)52-7-6-8-53-28(40,29(41,42)30(43,44)45)25(39)24(38)23(37)22(36)21(35)20(34)19(33)16(32)13-31/h4-5,9,11H,1-2,6-8,10,12-15H2,3H3,(H,46,49)/b11-9-,19-16+,21-20+,23-22+,25-24+. The van der Waals surface area contributed by atoms with E-state index in [9.17, 15) is 75.8 Å². The Balaban J connectivity index is 5.91. The summed E-state index contributed by atoms with van der Waals surface area (Å²) in [5, 5.41) is 10.0. The summed E-state index contributed by atoms with van der Waals surface area (Å²) in [7, 11) is 0. The van der Waals surface area contributed by atoms with Gasteiger partial charge >= 0.3 is 36.0 Å². The number of carbonyl (C=O) groups excluding carboxylic acids is 3. The molecule has 0 aromatic carbocycles. The Morgan fingerprint density at radius 2 is 1.24 bits per heavy atom. The van der Waals surface area contributed by atoms with Crippen molar-refractivity contribution in [2.24, 2.45) is 0 Å². The normalized spacial score (nSPS) is 15.9. The molecule has 0 rings (SSSR count). The predicted molar refractivity (Wildman–Crippen MR) is 159 cm³/mol. The molecule has 0 aromatic heterocycles. The van der Waals surface area contributed by atoms with Crippen molar-refractivity contribution in [1.82, 2.24) is 5.32 Å². The fourth-order valence-corrected chi connectivity index (χ4v) is 2.98. The maximum absolute atomic E-state index is 15.1. The fourth-order valence-electron chi connectivity index (χ4n) is 2.98. The van der Waals surface area contributed by atoms with Gasteiger partial charge in [0.05, 0.1) is 13.2 Å². The summed E-state index contributed by atoms with van der Waals surface area (Å²) in [4.78, 5) is 51.9. The number of alkyl halides is 7. The summed E-state index contributed by atoms with van der Waals surface area (Å²) < 4.78 is 222. The Morgan fingerprint density at radius 3 is 1.80 bits per heavy atom. The van der Waals surface area contributed by atoms with Gasteiger partial charge in [-0.25, -0.2) is 58.8 Å². The highest BCUT2D eigenvalue weighted by Gasteiger charge is 2.75. The lowest BCUT2D eigenvalue weighted by molar-refractivity contribution is -0.618. The molecule has 336 valence electrons. The molecule has 2 atom stereocenters. The Labute approximate surface area is 320 Å². The van der Waals surface area contributed by atoms with E-state index >= 15 is 4.39 Å². The Kier molecular flexibility index (Phi) is 23.0. The number of hydrogen-bond donors (Lipinski definition) is 1. The topological polar surface area (TPSA) is 156 Å². The minimum absolute atomic E-state index is 0.251. The van der Waals surface area contributed by atoms with Crippen molar-refractivity contribution >= 4 is 18.0 Å². The van der Waals surface area contributed by atoms with Crippen LogP contribution in [0.4, 0.5) is 70.7 Å². The highest BCUT2D eigenvalue weighted by Crippen LogP contribution is 2.51. The van der Waals surface area contributed by atoms with E-state index in [0.717, 1.165) is 25.5 Å². The van der Waals surface area contributed by atoms with Crippen LogP contribution < -0.4 is 5.32 Å². The molecule has 0 aromatic rings. The van der Waals surface area contributed by atoms with Gasteiger partial charge in [-0.05, 0) is 12.0 Å². The van der Waals surface area contributed by atoms with E-state index in [1.54, 1.807) is 0 Å². The molecule has 0 fully saturated rings. The summed E-state index contributed by atoms with van der Waals surface area (Å²) >= 11 is 0. The number of ether oxygens (including phenoxy) is 4. The van der Waals surface area contributed by atoms with Gasteiger partial charge in [0.15, 0.2) is 29.6 Å². The second-order valence-electron chi connectivity index (χ2n) is 10.3. The number of hydrogen-bond acceptors (Lipinski definition) is 13. The second-order valence-corrected chi connectivity index (χ2v) is 10.3. The van der Waals surface area contributed by atoms with Crippen molar-refractivity contribution in [3.05, 3.63) is 84.4 Å². The zero-order valence-electron chi connectivity index (χ0n) is 29.4. The molecule has 14 nitrogen and oxygen atoms in total. The molecule has 1 N–H and O–H groups in total. The lowest BCUT2D eigenvalue weighted by Crippen LogP contribution is -2.56. The van der Waals surface area contributed by atoms with Gasteiger partial charge in [0.25, 0.3) is 0 Å². The quantitative estimate of drug-likeness (QED) is 0.0124. The lowest BCUT2D eigenvalue weighted by atomic mass is 10.1. The molecule has 2 unspecified atom stereocenters. The molecule has 0 saturated heterocycles. The van der Waals surface area contributed by atoms with Gasteiger partial charge in [-0.1, -0.05) is 13.2 Å². The lowest BCUT2D eigenvalue weighted by Gasteiger charge is -2.33. The summed E-state index contributed by atoms with van der Waals surface area (Å²) in [6, 6.07) is 0. The second kappa shape index (κ2) is 25.3. The van der Waals surface area contributed by atoms with Crippen LogP contribution in [0.15, 0.2) is 84.4 Å². The molecule has 59 heavy (non-hydrogen) atoms. The molecule has 0 aliphatic heterocycles. The fraction of sp³-hybridized carbons (Fsp3) is 0.433. The van der Waals surface area contributed by atoms with Crippen molar-refractivity contribution in [3.63, 3.8) is 0 Å². The average molecular weight is 896 g/mol. The van der Waals surface area contributed by atoms with Crippen molar-refractivity contribution in [3.8, 4) is 0 Å². The number of amides is 1. The van der Waals surface area contributed by atoms with Crippen LogP contribution in [0.1, 0.15) is 13.3 Å². The van der Waals surface area contributed by atoms with E-state index in [1.165, 1.54) is 0 Å². The third-order valence-corrected chi connectivity index (χ3v) is 5.77. The van der Waals surface area contributed by atoms with Gasteiger partial charge in [0.1, 0.15) is 44.9 Å². The molecule has 0 aliphatic rings. The first kappa shape index (κ1) is 53.7. The Morgan fingerprint density at radius 1 is 0.661 bits per heavy atom. The first-order chi connectivity index (χ1) is 27.4. The third kappa shape index (κ3) is 17.2. The summed E-state index contributed by atoms with van der Waals surface area (Å²) in [6.07, 6.45) is -6.90. The van der Waals surface area contributed by atoms with E-state index in [1.807, 2.05) is 5.32 Å². The number of nitrogens with one attached hydrogen (secondary N) is 1. The highest BCUT2D eigenvalue weighted by molar-refractivity contribution is 5.81. The van der Waals surface area contributed by atoms with Gasteiger partial charge in [0.2, 0.25) is 23.3 Å². The third-order valence-electron chi connectivity index (χ3n) is 5.77. The average Bonchev–Trinajstić information content (AvgIpc) is 3.19.